The van der Waals surface area contributed by atoms with Crippen molar-refractivity contribution in [2.75, 3.05) is 0 Å². The molecular formula is C6H4Cl2Hg. The van der Waals surface area contributed by atoms with E-state index in [-0.39, 0.29) is 40.1 Å². The maximum absolute atomic E-state index is 5.52. The molecule has 0 nitrogen and oxygen atoms in total. The first-order valence-electron chi connectivity index (χ1n) is 2.01. The van der Waals surface area contributed by atoms with Gasteiger partial charge in [-0.3, -0.25) is 0 Å². The number of hydrogen-bond acceptors (Lipinski definition) is 0. The first-order valence-corrected chi connectivity index (χ1v) is 2.39. The Balaban J connectivity index is 0. The molecule has 0 unspecified atom stereocenters. The Morgan fingerprint density at radius 3 is 2.22 bits per heavy atom. The van der Waals surface area contributed by atoms with E-state index in [1.54, 1.807) is 24.6 Å². The summed E-state index contributed by atoms with van der Waals surface area (Å²) in [6.45, 7) is 0. The minimum Gasteiger partial charge on any atom is -1.00 e. The molecule has 0 aromatic carbocycles. The molecule has 9 heavy (non-hydrogen) atoms. The SMILES string of the molecule is ClC1=CC=C=C[CH]1.[Cl-].[Hg+]. The van der Waals surface area contributed by atoms with Gasteiger partial charge in [-0.2, -0.15) is 0 Å². The van der Waals surface area contributed by atoms with Gasteiger partial charge >= 0.3 is 27.7 Å². The Morgan fingerprint density at radius 2 is 2.00 bits per heavy atom. The van der Waals surface area contributed by atoms with Crippen LogP contribution in [0.2, 0.25) is 0 Å². The van der Waals surface area contributed by atoms with Crippen LogP contribution in [0.5, 0.6) is 0 Å². The van der Waals surface area contributed by atoms with Crippen LogP contribution in [0.25, 0.3) is 0 Å². The van der Waals surface area contributed by atoms with Crippen molar-refractivity contribution in [3.8, 4) is 0 Å². The fourth-order valence-electron chi connectivity index (χ4n) is 0.367. The van der Waals surface area contributed by atoms with E-state index in [0.29, 0.717) is 0 Å². The van der Waals surface area contributed by atoms with E-state index in [9.17, 15) is 0 Å². The predicted octanol–water partition coefficient (Wildman–Crippen LogP) is -0.960. The van der Waals surface area contributed by atoms with Crippen molar-refractivity contribution in [1.29, 1.82) is 0 Å². The fraction of sp³-hybridized carbons (Fsp3) is 0. The van der Waals surface area contributed by atoms with Crippen LogP contribution in [0.4, 0.5) is 0 Å². The molecule has 0 amide bonds. The van der Waals surface area contributed by atoms with Gasteiger partial charge in [0.05, 0.1) is 0 Å². The van der Waals surface area contributed by atoms with E-state index in [1.165, 1.54) is 0 Å². The smallest absolute Gasteiger partial charge is 1.00 e. The van der Waals surface area contributed by atoms with E-state index < -0.39 is 0 Å². The summed E-state index contributed by atoms with van der Waals surface area (Å²) in [6.07, 6.45) is 7.15. The molecule has 44 valence electrons. The fourth-order valence-corrected chi connectivity index (χ4v) is 0.493. The summed E-state index contributed by atoms with van der Waals surface area (Å²) in [5.74, 6) is 0. The Morgan fingerprint density at radius 1 is 1.33 bits per heavy atom. The van der Waals surface area contributed by atoms with Crippen LogP contribution in [-0.4, -0.2) is 0 Å². The molecule has 0 aromatic rings. The first kappa shape index (κ1) is 12.5. The molecule has 0 aliphatic heterocycles. The molecule has 0 saturated carbocycles. The van der Waals surface area contributed by atoms with Crippen LogP contribution in [0.15, 0.2) is 29.0 Å². The quantitative estimate of drug-likeness (QED) is 0.391. The molecule has 0 fully saturated rings. The summed E-state index contributed by atoms with van der Waals surface area (Å²) in [6, 6.07) is 0. The molecule has 3 heteroatoms. The molecular weight excluding hydrogens is 344 g/mol. The molecule has 0 bridgehead atoms. The zero-order chi connectivity index (χ0) is 5.11. The van der Waals surface area contributed by atoms with Gasteiger partial charge in [-0.05, 0) is 18.2 Å². The maximum atomic E-state index is 5.52. The van der Waals surface area contributed by atoms with Crippen LogP contribution in [0.3, 0.4) is 0 Å². The molecule has 1 rings (SSSR count). The monoisotopic (exact) mass is 348 g/mol. The molecule has 0 aromatic heterocycles. The zero-order valence-electron chi connectivity index (χ0n) is 4.77. The summed E-state index contributed by atoms with van der Waals surface area (Å²) < 4.78 is 0. The molecule has 2 radical (unpaired) electrons. The van der Waals surface area contributed by atoms with E-state index in [4.69, 9.17) is 11.6 Å². The zero-order valence-corrected chi connectivity index (χ0v) is 11.8. The molecule has 1 aliphatic carbocycles. The van der Waals surface area contributed by atoms with Crippen LogP contribution in [-0.2, 0) is 27.7 Å². The average Bonchev–Trinajstić information content (AvgIpc) is 1.69. The Bertz CT molecular complexity index is 154. The predicted molar refractivity (Wildman–Crippen MR) is 30.9 cm³/mol. The average molecular weight is 348 g/mol. The number of hydrogen-bond donors (Lipinski definition) is 0. The minimum absolute atomic E-state index is 0. The van der Waals surface area contributed by atoms with Crippen LogP contribution in [0.1, 0.15) is 0 Å². The van der Waals surface area contributed by atoms with E-state index >= 15 is 0 Å². The second-order valence-corrected chi connectivity index (χ2v) is 1.65. The normalized spacial score (nSPS) is 13.2. The third-order valence-electron chi connectivity index (χ3n) is 0.678. The minimum atomic E-state index is 0. The van der Waals surface area contributed by atoms with Crippen molar-refractivity contribution in [2.24, 2.45) is 0 Å². The molecule has 0 spiro atoms. The van der Waals surface area contributed by atoms with Gasteiger partial charge in [-0.1, -0.05) is 11.6 Å². The van der Waals surface area contributed by atoms with Crippen molar-refractivity contribution in [1.82, 2.24) is 0 Å². The molecule has 0 atom stereocenters. The second-order valence-electron chi connectivity index (χ2n) is 1.22. The summed E-state index contributed by atoms with van der Waals surface area (Å²) in [5, 5.41) is 0.763. The Hall–Kier alpha value is 0.775. The summed E-state index contributed by atoms with van der Waals surface area (Å²) in [4.78, 5) is 0. The molecule has 0 heterocycles. The van der Waals surface area contributed by atoms with Gasteiger partial charge in [0.1, 0.15) is 0 Å². The van der Waals surface area contributed by atoms with Gasteiger partial charge < -0.3 is 12.4 Å². The van der Waals surface area contributed by atoms with Crippen LogP contribution < -0.4 is 12.4 Å². The summed E-state index contributed by atoms with van der Waals surface area (Å²) in [7, 11) is 0. The number of halogens is 2. The Labute approximate surface area is 86.6 Å². The summed E-state index contributed by atoms with van der Waals surface area (Å²) >= 11 is 5.52. The maximum Gasteiger partial charge on any atom is 1.00 e. The third kappa shape index (κ3) is 5.23. The van der Waals surface area contributed by atoms with Crippen LogP contribution in [0, 0.1) is 6.42 Å². The van der Waals surface area contributed by atoms with Gasteiger partial charge in [-0.25, -0.2) is 0 Å². The van der Waals surface area contributed by atoms with E-state index in [0.717, 1.165) is 5.03 Å². The topological polar surface area (TPSA) is 0 Å². The first-order chi connectivity index (χ1) is 3.39. The van der Waals surface area contributed by atoms with Gasteiger partial charge in [0.2, 0.25) is 0 Å². The van der Waals surface area contributed by atoms with E-state index in [2.05, 4.69) is 5.73 Å². The summed E-state index contributed by atoms with van der Waals surface area (Å²) in [5.41, 5.74) is 2.85. The molecule has 0 N–H and O–H groups in total. The third-order valence-corrected chi connectivity index (χ3v) is 0.930. The second kappa shape index (κ2) is 6.89. The van der Waals surface area contributed by atoms with Gasteiger partial charge in [0, 0.05) is 11.5 Å². The van der Waals surface area contributed by atoms with Crippen molar-refractivity contribution in [2.45, 2.75) is 0 Å². The van der Waals surface area contributed by atoms with Crippen LogP contribution >= 0.6 is 11.6 Å². The van der Waals surface area contributed by atoms with Crippen molar-refractivity contribution in [3.63, 3.8) is 0 Å². The molecule has 0 saturated heterocycles. The van der Waals surface area contributed by atoms with Crippen molar-refractivity contribution < 1.29 is 40.1 Å². The number of allylic oxidation sites excluding steroid dienone is 3. The standard InChI is InChI=1S/C6H4Cl.ClH.Hg/c7-6-4-2-1-3-5-6;;/h2-5H;1H;/q;;+1/p-1. The van der Waals surface area contributed by atoms with Crippen molar-refractivity contribution >= 4 is 11.6 Å². The van der Waals surface area contributed by atoms with Crippen molar-refractivity contribution in [3.05, 3.63) is 35.4 Å². The van der Waals surface area contributed by atoms with Gasteiger partial charge in [0.25, 0.3) is 0 Å². The van der Waals surface area contributed by atoms with Gasteiger partial charge in [0.15, 0.2) is 0 Å². The van der Waals surface area contributed by atoms with E-state index in [1.807, 2.05) is 0 Å². The Kier molecular flexibility index (Phi) is 9.53. The molecule has 1 aliphatic rings. The largest absolute Gasteiger partial charge is 1.00 e. The van der Waals surface area contributed by atoms with Gasteiger partial charge in [-0.15, -0.1) is 5.73 Å². The number of rotatable bonds is 0.